The third-order valence-electron chi connectivity index (χ3n) is 4.45. The van der Waals surface area contributed by atoms with Crippen molar-refractivity contribution in [3.05, 3.63) is 47.8 Å². The van der Waals surface area contributed by atoms with Crippen LogP contribution in [-0.4, -0.2) is 54.7 Å². The second-order valence-corrected chi connectivity index (χ2v) is 6.91. The maximum atomic E-state index is 13.8. The van der Waals surface area contributed by atoms with Crippen LogP contribution in [0, 0.1) is 5.82 Å². The van der Waals surface area contributed by atoms with E-state index in [-0.39, 0.29) is 12.1 Å². The van der Waals surface area contributed by atoms with Crippen LogP contribution in [0.5, 0.6) is 0 Å². The van der Waals surface area contributed by atoms with Crippen LogP contribution < -0.4 is 10.6 Å². The van der Waals surface area contributed by atoms with E-state index >= 15 is 0 Å². The molecule has 1 atom stereocenters. The van der Waals surface area contributed by atoms with E-state index in [0.29, 0.717) is 12.0 Å². The number of benzene rings is 1. The first-order valence-electron chi connectivity index (χ1n) is 9.33. The molecule has 1 saturated heterocycles. The molecule has 1 aromatic carbocycles. The highest BCUT2D eigenvalue weighted by molar-refractivity contribution is 5.80. The summed E-state index contributed by atoms with van der Waals surface area (Å²) in [4.78, 5) is 6.85. The SMILES string of the molecule is C=C(C)CN1CCC(NC(=NCC(O)c2ccccc2F)NCC)CC1. The minimum absolute atomic E-state index is 0.116. The van der Waals surface area contributed by atoms with Crippen molar-refractivity contribution in [2.75, 3.05) is 32.7 Å². The summed E-state index contributed by atoms with van der Waals surface area (Å²) in [6.45, 7) is 11.9. The minimum Gasteiger partial charge on any atom is -0.386 e. The van der Waals surface area contributed by atoms with Crippen LogP contribution in [0.25, 0.3) is 0 Å². The Balaban J connectivity index is 1.89. The molecule has 1 fully saturated rings. The number of aliphatic hydroxyl groups is 1. The van der Waals surface area contributed by atoms with Crippen molar-refractivity contribution in [1.29, 1.82) is 0 Å². The highest BCUT2D eigenvalue weighted by Gasteiger charge is 2.20. The van der Waals surface area contributed by atoms with Crippen molar-refractivity contribution in [1.82, 2.24) is 15.5 Å². The first kappa shape index (κ1) is 20.4. The predicted molar refractivity (Wildman–Crippen MR) is 105 cm³/mol. The first-order chi connectivity index (χ1) is 12.5. The maximum Gasteiger partial charge on any atom is 0.191 e. The van der Waals surface area contributed by atoms with E-state index in [1.54, 1.807) is 18.2 Å². The highest BCUT2D eigenvalue weighted by atomic mass is 19.1. The predicted octanol–water partition coefficient (Wildman–Crippen LogP) is 2.45. The van der Waals surface area contributed by atoms with Crippen LogP contribution in [0.3, 0.4) is 0 Å². The zero-order valence-corrected chi connectivity index (χ0v) is 15.8. The Bertz CT molecular complexity index is 612. The van der Waals surface area contributed by atoms with Gasteiger partial charge in [-0.15, -0.1) is 0 Å². The van der Waals surface area contributed by atoms with Gasteiger partial charge >= 0.3 is 0 Å². The van der Waals surface area contributed by atoms with Crippen molar-refractivity contribution in [3.63, 3.8) is 0 Å². The Morgan fingerprint density at radius 2 is 2.08 bits per heavy atom. The van der Waals surface area contributed by atoms with Crippen LogP contribution in [0.15, 0.2) is 41.4 Å². The number of halogens is 1. The normalized spacial score (nSPS) is 17.8. The summed E-state index contributed by atoms with van der Waals surface area (Å²) in [7, 11) is 0. The van der Waals surface area contributed by atoms with E-state index in [1.807, 2.05) is 6.92 Å². The van der Waals surface area contributed by atoms with Gasteiger partial charge in [-0.05, 0) is 32.8 Å². The topological polar surface area (TPSA) is 59.9 Å². The van der Waals surface area contributed by atoms with Gasteiger partial charge in [0.25, 0.3) is 0 Å². The monoisotopic (exact) mass is 362 g/mol. The van der Waals surface area contributed by atoms with E-state index in [0.717, 1.165) is 39.0 Å². The number of rotatable bonds is 7. The lowest BCUT2D eigenvalue weighted by atomic mass is 10.0. The van der Waals surface area contributed by atoms with Gasteiger partial charge in [0.2, 0.25) is 0 Å². The quantitative estimate of drug-likeness (QED) is 0.396. The fraction of sp³-hybridized carbons (Fsp3) is 0.550. The van der Waals surface area contributed by atoms with Crippen LogP contribution in [0.4, 0.5) is 4.39 Å². The Hall–Kier alpha value is -1.92. The largest absolute Gasteiger partial charge is 0.386 e. The zero-order chi connectivity index (χ0) is 18.9. The van der Waals surface area contributed by atoms with Crippen LogP contribution in [0.1, 0.15) is 38.4 Å². The van der Waals surface area contributed by atoms with Crippen molar-refractivity contribution in [2.24, 2.45) is 4.99 Å². The summed E-state index contributed by atoms with van der Waals surface area (Å²) in [5.74, 6) is 0.263. The van der Waals surface area contributed by atoms with E-state index in [4.69, 9.17) is 0 Å². The molecule has 26 heavy (non-hydrogen) atoms. The van der Waals surface area contributed by atoms with E-state index in [2.05, 4.69) is 34.0 Å². The summed E-state index contributed by atoms with van der Waals surface area (Å²) in [6, 6.07) is 6.62. The lowest BCUT2D eigenvalue weighted by molar-refractivity contribution is 0.182. The third kappa shape index (κ3) is 6.42. The Morgan fingerprint density at radius 3 is 2.69 bits per heavy atom. The van der Waals surface area contributed by atoms with Crippen molar-refractivity contribution < 1.29 is 9.50 Å². The zero-order valence-electron chi connectivity index (χ0n) is 15.8. The first-order valence-corrected chi connectivity index (χ1v) is 9.33. The molecular weight excluding hydrogens is 331 g/mol. The smallest absolute Gasteiger partial charge is 0.191 e. The van der Waals surface area contributed by atoms with E-state index in [9.17, 15) is 9.50 Å². The summed E-state index contributed by atoms with van der Waals surface area (Å²) in [5.41, 5.74) is 1.47. The second kappa shape index (κ2) is 10.3. The molecule has 1 aliphatic rings. The summed E-state index contributed by atoms with van der Waals surface area (Å²) < 4.78 is 13.8. The molecule has 144 valence electrons. The number of nitrogens with zero attached hydrogens (tertiary/aromatic N) is 2. The second-order valence-electron chi connectivity index (χ2n) is 6.91. The van der Waals surface area contributed by atoms with Gasteiger partial charge in [0.1, 0.15) is 11.9 Å². The third-order valence-corrected chi connectivity index (χ3v) is 4.45. The molecule has 1 unspecified atom stereocenters. The molecule has 0 aliphatic carbocycles. The Labute approximate surface area is 156 Å². The van der Waals surface area contributed by atoms with E-state index < -0.39 is 11.9 Å². The number of piperidine rings is 1. The molecule has 0 amide bonds. The molecule has 1 aliphatic heterocycles. The molecule has 1 heterocycles. The van der Waals surface area contributed by atoms with Gasteiger partial charge in [0.05, 0.1) is 6.54 Å². The lowest BCUT2D eigenvalue weighted by Crippen LogP contribution is -2.49. The van der Waals surface area contributed by atoms with Crippen LogP contribution in [-0.2, 0) is 0 Å². The maximum absolute atomic E-state index is 13.8. The van der Waals surface area contributed by atoms with Gasteiger partial charge in [-0.1, -0.05) is 30.4 Å². The number of guanidine groups is 1. The molecule has 3 N–H and O–H groups in total. The summed E-state index contributed by atoms with van der Waals surface area (Å²) >= 11 is 0. The van der Waals surface area contributed by atoms with Crippen LogP contribution in [0.2, 0.25) is 0 Å². The summed E-state index contributed by atoms with van der Waals surface area (Å²) in [6.07, 6.45) is 1.12. The van der Waals surface area contributed by atoms with Gasteiger partial charge in [0, 0.05) is 37.8 Å². The molecule has 0 aromatic heterocycles. The van der Waals surface area contributed by atoms with Crippen LogP contribution >= 0.6 is 0 Å². The lowest BCUT2D eigenvalue weighted by Gasteiger charge is -2.33. The highest BCUT2D eigenvalue weighted by Crippen LogP contribution is 2.17. The summed E-state index contributed by atoms with van der Waals surface area (Å²) in [5, 5.41) is 16.9. The molecule has 0 saturated carbocycles. The van der Waals surface area contributed by atoms with E-state index in [1.165, 1.54) is 11.6 Å². The molecule has 6 heteroatoms. The fourth-order valence-corrected chi connectivity index (χ4v) is 3.15. The van der Waals surface area contributed by atoms with Gasteiger partial charge in [-0.25, -0.2) is 4.39 Å². The average molecular weight is 362 g/mol. The molecule has 1 aromatic rings. The number of likely N-dealkylation sites (tertiary alicyclic amines) is 1. The molecular formula is C20H31FN4O. The van der Waals surface area contributed by atoms with Gasteiger partial charge in [-0.3, -0.25) is 9.89 Å². The van der Waals surface area contributed by atoms with Crippen molar-refractivity contribution in [2.45, 2.75) is 38.8 Å². The molecule has 5 nitrogen and oxygen atoms in total. The Kier molecular flexibility index (Phi) is 8.06. The van der Waals surface area contributed by atoms with Gasteiger partial charge in [-0.2, -0.15) is 0 Å². The average Bonchev–Trinajstić information content (AvgIpc) is 2.61. The molecule has 2 rings (SSSR count). The van der Waals surface area contributed by atoms with Gasteiger partial charge < -0.3 is 15.7 Å². The number of hydrogen-bond donors (Lipinski definition) is 3. The standard InChI is InChI=1S/C20H31FN4O/c1-4-22-20(23-13-19(26)17-7-5-6-8-18(17)21)24-16-9-11-25(12-10-16)14-15(2)3/h5-8,16,19,26H,2,4,9-14H2,1,3H3,(H2,22,23,24). The number of nitrogens with one attached hydrogen (secondary N) is 2. The van der Waals surface area contributed by atoms with Crippen molar-refractivity contribution >= 4 is 5.96 Å². The molecule has 0 spiro atoms. The molecule has 0 radical (unpaired) electrons. The fourth-order valence-electron chi connectivity index (χ4n) is 3.15. The van der Waals surface area contributed by atoms with Crippen molar-refractivity contribution in [3.8, 4) is 0 Å². The molecule has 0 bridgehead atoms. The number of hydrogen-bond acceptors (Lipinski definition) is 3. The Morgan fingerprint density at radius 1 is 1.38 bits per heavy atom. The minimum atomic E-state index is -0.955. The number of aliphatic imine (C=N–C) groups is 1. The number of aliphatic hydroxyl groups excluding tert-OH is 1. The van der Waals surface area contributed by atoms with Gasteiger partial charge in [0.15, 0.2) is 5.96 Å².